The van der Waals surface area contributed by atoms with Gasteiger partial charge in [-0.2, -0.15) is 0 Å². The van der Waals surface area contributed by atoms with Gasteiger partial charge in [0.1, 0.15) is 0 Å². The highest BCUT2D eigenvalue weighted by Gasteiger charge is 2.17. The topological polar surface area (TPSA) is 38.7 Å². The molecule has 0 radical (unpaired) electrons. The fourth-order valence-electron chi connectivity index (χ4n) is 6.04. The second kappa shape index (κ2) is 10.1. The summed E-state index contributed by atoms with van der Waals surface area (Å²) in [5, 5.41) is 7.21. The number of pyridine rings is 3. The maximum Gasteiger partial charge on any atom is 0.0717 e. The van der Waals surface area contributed by atoms with Gasteiger partial charge in [-0.25, -0.2) is 0 Å². The summed E-state index contributed by atoms with van der Waals surface area (Å²) in [7, 11) is 0. The van der Waals surface area contributed by atoms with Crippen molar-refractivity contribution >= 4 is 32.3 Å². The van der Waals surface area contributed by atoms with E-state index in [1.807, 2.05) is 48.9 Å². The summed E-state index contributed by atoms with van der Waals surface area (Å²) in [6.07, 6.45) is 5.58. The van der Waals surface area contributed by atoms with Crippen LogP contribution in [0, 0.1) is 0 Å². The molecule has 8 aromatic rings. The predicted octanol–water partition coefficient (Wildman–Crippen LogP) is 10.00. The average molecular weight is 536 g/mol. The molecule has 0 amide bonds. The Hall–Kier alpha value is -5.67. The van der Waals surface area contributed by atoms with Gasteiger partial charge in [0.25, 0.3) is 0 Å². The number of rotatable bonds is 4. The largest absolute Gasteiger partial charge is 0.256 e. The third-order valence-corrected chi connectivity index (χ3v) is 8.00. The van der Waals surface area contributed by atoms with Crippen molar-refractivity contribution < 1.29 is 0 Å². The fourth-order valence-corrected chi connectivity index (χ4v) is 6.04. The Morgan fingerprint density at radius 1 is 0.333 bits per heavy atom. The van der Waals surface area contributed by atoms with Gasteiger partial charge in [-0.3, -0.25) is 15.0 Å². The van der Waals surface area contributed by atoms with E-state index in [2.05, 4.69) is 113 Å². The van der Waals surface area contributed by atoms with Crippen LogP contribution < -0.4 is 0 Å². The van der Waals surface area contributed by atoms with Crippen LogP contribution >= 0.6 is 0 Å². The molecule has 0 aliphatic heterocycles. The van der Waals surface area contributed by atoms with Crippen molar-refractivity contribution in [3.05, 3.63) is 152 Å². The Morgan fingerprint density at radius 3 is 1.38 bits per heavy atom. The molecule has 42 heavy (non-hydrogen) atoms. The Kier molecular flexibility index (Phi) is 5.79. The Balaban J connectivity index is 1.31. The lowest BCUT2D eigenvalue weighted by Gasteiger charge is -2.17. The highest BCUT2D eigenvalue weighted by Crippen LogP contribution is 2.43. The van der Waals surface area contributed by atoms with E-state index in [-0.39, 0.29) is 0 Å². The van der Waals surface area contributed by atoms with E-state index in [1.54, 1.807) is 0 Å². The van der Waals surface area contributed by atoms with Crippen molar-refractivity contribution in [2.24, 2.45) is 0 Å². The Bertz CT molecular complexity index is 2170. The first-order valence-corrected chi connectivity index (χ1v) is 14.1. The molecule has 0 atom stereocenters. The minimum atomic E-state index is 0.921. The number of hydrogen-bond donors (Lipinski definition) is 0. The van der Waals surface area contributed by atoms with Crippen molar-refractivity contribution in [1.82, 2.24) is 15.0 Å². The van der Waals surface area contributed by atoms with Gasteiger partial charge in [0, 0.05) is 35.3 Å². The SMILES string of the molecule is c1ccc(-c2ccc(-c3c4ccccc4c(-c4ccc5cc(-c6ccccn6)ccc5c4)c4ccccc34)nc2)nc1. The van der Waals surface area contributed by atoms with Gasteiger partial charge in [0.2, 0.25) is 0 Å². The lowest BCUT2D eigenvalue weighted by atomic mass is 9.86. The zero-order valence-corrected chi connectivity index (χ0v) is 22.8. The minimum absolute atomic E-state index is 0.921. The third kappa shape index (κ3) is 4.11. The molecule has 3 aromatic heterocycles. The second-order valence-electron chi connectivity index (χ2n) is 10.5. The zero-order valence-electron chi connectivity index (χ0n) is 22.8. The maximum atomic E-state index is 4.96. The van der Waals surface area contributed by atoms with Crippen LogP contribution in [0.25, 0.3) is 77.2 Å². The van der Waals surface area contributed by atoms with Crippen LogP contribution in [0.3, 0.4) is 0 Å². The molecule has 0 saturated heterocycles. The molecular formula is C39H25N3. The van der Waals surface area contributed by atoms with Crippen LogP contribution in [0.1, 0.15) is 0 Å². The molecule has 5 aromatic carbocycles. The van der Waals surface area contributed by atoms with Crippen molar-refractivity contribution in [1.29, 1.82) is 0 Å². The van der Waals surface area contributed by atoms with Gasteiger partial charge in [0.05, 0.1) is 17.1 Å². The molecule has 0 N–H and O–H groups in total. The lowest BCUT2D eigenvalue weighted by molar-refractivity contribution is 1.28. The number of hydrogen-bond acceptors (Lipinski definition) is 3. The number of benzene rings is 5. The Labute approximate surface area is 243 Å². The van der Waals surface area contributed by atoms with Gasteiger partial charge in [-0.15, -0.1) is 0 Å². The molecular weight excluding hydrogens is 510 g/mol. The smallest absolute Gasteiger partial charge is 0.0717 e. The predicted molar refractivity (Wildman–Crippen MR) is 174 cm³/mol. The summed E-state index contributed by atoms with van der Waals surface area (Å²) in [5.41, 5.74) is 8.58. The second-order valence-corrected chi connectivity index (χ2v) is 10.5. The average Bonchev–Trinajstić information content (AvgIpc) is 3.07. The maximum absolute atomic E-state index is 4.96. The zero-order chi connectivity index (χ0) is 27.9. The molecule has 0 bridgehead atoms. The van der Waals surface area contributed by atoms with Gasteiger partial charge in [-0.05, 0) is 92.0 Å². The number of nitrogens with zero attached hydrogens (tertiary/aromatic N) is 3. The van der Waals surface area contributed by atoms with E-state index in [0.717, 1.165) is 33.8 Å². The minimum Gasteiger partial charge on any atom is -0.256 e. The van der Waals surface area contributed by atoms with E-state index in [4.69, 9.17) is 4.98 Å². The van der Waals surface area contributed by atoms with Gasteiger partial charge >= 0.3 is 0 Å². The normalized spacial score (nSPS) is 11.3. The first kappa shape index (κ1) is 24.2. The summed E-state index contributed by atoms with van der Waals surface area (Å²) in [6.45, 7) is 0. The summed E-state index contributed by atoms with van der Waals surface area (Å²) >= 11 is 0. The van der Waals surface area contributed by atoms with Crippen LogP contribution in [0.4, 0.5) is 0 Å². The standard InChI is InChI=1S/C39H25N3/c1-3-11-33-31(9-1)38(29-18-16-26-23-28(17-15-27(26)24-29)35-13-5-7-21-40-35)32-10-2-4-12-34(32)39(33)37-20-19-30(25-42-37)36-14-6-8-22-41-36/h1-25H. The first-order valence-electron chi connectivity index (χ1n) is 14.1. The monoisotopic (exact) mass is 535 g/mol. The van der Waals surface area contributed by atoms with Crippen LogP contribution in [0.5, 0.6) is 0 Å². The Morgan fingerprint density at radius 2 is 0.833 bits per heavy atom. The van der Waals surface area contributed by atoms with Gasteiger partial charge in [-0.1, -0.05) is 84.9 Å². The number of aromatic nitrogens is 3. The molecule has 0 aliphatic rings. The van der Waals surface area contributed by atoms with Crippen molar-refractivity contribution in [3.63, 3.8) is 0 Å². The van der Waals surface area contributed by atoms with Crippen LogP contribution in [-0.4, -0.2) is 15.0 Å². The van der Waals surface area contributed by atoms with Gasteiger partial charge < -0.3 is 0 Å². The molecule has 3 heterocycles. The fraction of sp³-hybridized carbons (Fsp3) is 0. The van der Waals surface area contributed by atoms with Crippen LogP contribution in [-0.2, 0) is 0 Å². The molecule has 196 valence electrons. The van der Waals surface area contributed by atoms with Gasteiger partial charge in [0.15, 0.2) is 0 Å². The third-order valence-electron chi connectivity index (χ3n) is 8.00. The molecule has 0 aliphatic carbocycles. The summed E-state index contributed by atoms with van der Waals surface area (Å²) in [6, 6.07) is 47.0. The van der Waals surface area contributed by atoms with Crippen molar-refractivity contribution in [2.75, 3.05) is 0 Å². The molecule has 3 heteroatoms. The van der Waals surface area contributed by atoms with Crippen molar-refractivity contribution in [2.45, 2.75) is 0 Å². The molecule has 8 rings (SSSR count). The van der Waals surface area contributed by atoms with Crippen LogP contribution in [0.15, 0.2) is 152 Å². The van der Waals surface area contributed by atoms with E-state index in [1.165, 1.54) is 43.4 Å². The van der Waals surface area contributed by atoms with Crippen LogP contribution in [0.2, 0.25) is 0 Å². The van der Waals surface area contributed by atoms with Crippen molar-refractivity contribution in [3.8, 4) is 44.9 Å². The highest BCUT2D eigenvalue weighted by molar-refractivity contribution is 6.21. The molecule has 3 nitrogen and oxygen atoms in total. The number of fused-ring (bicyclic) bond motifs is 3. The van der Waals surface area contributed by atoms with E-state index in [0.29, 0.717) is 0 Å². The molecule has 0 spiro atoms. The summed E-state index contributed by atoms with van der Waals surface area (Å²) in [4.78, 5) is 14.0. The summed E-state index contributed by atoms with van der Waals surface area (Å²) < 4.78 is 0. The van der Waals surface area contributed by atoms with E-state index >= 15 is 0 Å². The molecule has 0 fully saturated rings. The molecule has 0 unspecified atom stereocenters. The van der Waals surface area contributed by atoms with E-state index in [9.17, 15) is 0 Å². The highest BCUT2D eigenvalue weighted by atomic mass is 14.7. The van der Waals surface area contributed by atoms with E-state index < -0.39 is 0 Å². The quantitative estimate of drug-likeness (QED) is 0.211. The lowest BCUT2D eigenvalue weighted by Crippen LogP contribution is -1.93. The summed E-state index contributed by atoms with van der Waals surface area (Å²) in [5.74, 6) is 0. The first-order chi connectivity index (χ1) is 20.8. The molecule has 0 saturated carbocycles.